The van der Waals surface area contributed by atoms with Gasteiger partial charge < -0.3 is 19.5 Å². The van der Waals surface area contributed by atoms with Gasteiger partial charge >= 0.3 is 0 Å². The van der Waals surface area contributed by atoms with Crippen LogP contribution in [0.4, 0.5) is 0 Å². The molecule has 0 saturated carbocycles. The topological polar surface area (TPSA) is 41.9 Å². The average molecular weight is 448 g/mol. The number of likely N-dealkylation sites (tertiary alicyclic amines) is 1. The van der Waals surface area contributed by atoms with E-state index in [2.05, 4.69) is 51.2 Å². The maximum Gasteiger partial charge on any atom is 0.119 e. The maximum absolute atomic E-state index is 10.2. The highest BCUT2D eigenvalue weighted by atomic mass is 79.9. The molecular weight excluding hydrogens is 418 g/mol. The van der Waals surface area contributed by atoms with E-state index in [0.29, 0.717) is 26.4 Å². The molecule has 1 saturated heterocycles. The van der Waals surface area contributed by atoms with Crippen molar-refractivity contribution in [2.24, 2.45) is 5.92 Å². The molecule has 1 N–H and O–H groups in total. The number of benzene rings is 2. The summed E-state index contributed by atoms with van der Waals surface area (Å²) >= 11 is 3.40. The molecule has 28 heavy (non-hydrogen) atoms. The molecule has 1 aliphatic rings. The van der Waals surface area contributed by atoms with Gasteiger partial charge in [0.05, 0.1) is 19.3 Å². The fourth-order valence-electron chi connectivity index (χ4n) is 3.64. The van der Waals surface area contributed by atoms with E-state index in [1.165, 1.54) is 24.8 Å². The highest BCUT2D eigenvalue weighted by molar-refractivity contribution is 9.10. The zero-order chi connectivity index (χ0) is 19.6. The number of nitrogens with zero attached hydrogens (tertiary/aromatic N) is 1. The van der Waals surface area contributed by atoms with Gasteiger partial charge in [-0.05, 0) is 68.1 Å². The second kappa shape index (κ2) is 11.6. The summed E-state index contributed by atoms with van der Waals surface area (Å²) in [4.78, 5) is 2.36. The Balaban J connectivity index is 1.24. The van der Waals surface area contributed by atoms with Crippen LogP contribution in [-0.4, -0.2) is 55.6 Å². The van der Waals surface area contributed by atoms with Crippen LogP contribution in [0.15, 0.2) is 59.1 Å². The molecule has 0 radical (unpaired) electrons. The quantitative estimate of drug-likeness (QED) is 0.555. The van der Waals surface area contributed by atoms with E-state index in [9.17, 15) is 5.11 Å². The summed E-state index contributed by atoms with van der Waals surface area (Å²) in [5, 5.41) is 10.2. The molecule has 1 atom stereocenters. The molecule has 3 rings (SSSR count). The molecule has 1 fully saturated rings. The van der Waals surface area contributed by atoms with Crippen LogP contribution in [0.2, 0.25) is 0 Å². The van der Waals surface area contributed by atoms with E-state index in [0.717, 1.165) is 29.2 Å². The summed E-state index contributed by atoms with van der Waals surface area (Å²) < 4.78 is 12.2. The van der Waals surface area contributed by atoms with Gasteiger partial charge in [0.25, 0.3) is 0 Å². The highest BCUT2D eigenvalue weighted by Crippen LogP contribution is 2.21. The number of aliphatic hydroxyl groups is 1. The summed E-state index contributed by atoms with van der Waals surface area (Å²) in [6.07, 6.45) is 3.12. The van der Waals surface area contributed by atoms with Crippen molar-refractivity contribution in [1.82, 2.24) is 4.90 Å². The van der Waals surface area contributed by atoms with Crippen molar-refractivity contribution in [3.8, 4) is 5.75 Å². The molecule has 5 heteroatoms. The molecule has 0 amide bonds. The normalized spacial score (nSPS) is 16.8. The number of β-amino-alcohol motifs (C(OH)–C–C–N with tert-alkyl or cyclic N) is 1. The largest absolute Gasteiger partial charge is 0.491 e. The summed E-state index contributed by atoms with van der Waals surface area (Å²) in [7, 11) is 0. The van der Waals surface area contributed by atoms with Crippen LogP contribution >= 0.6 is 15.9 Å². The Kier molecular flexibility index (Phi) is 8.80. The van der Waals surface area contributed by atoms with Crippen LogP contribution in [0.25, 0.3) is 0 Å². The number of aliphatic hydroxyl groups excluding tert-OH is 1. The fraction of sp³-hybridized carbons (Fsp3) is 0.478. The molecule has 1 aliphatic heterocycles. The average Bonchev–Trinajstić information content (AvgIpc) is 2.71. The monoisotopic (exact) mass is 447 g/mol. The number of halogens is 1. The Labute approximate surface area is 176 Å². The molecule has 0 aromatic heterocycles. The lowest BCUT2D eigenvalue weighted by Gasteiger charge is -2.33. The van der Waals surface area contributed by atoms with Crippen LogP contribution in [-0.2, 0) is 11.2 Å². The molecule has 4 nitrogen and oxygen atoms in total. The lowest BCUT2D eigenvalue weighted by atomic mass is 9.90. The minimum Gasteiger partial charge on any atom is -0.491 e. The zero-order valence-electron chi connectivity index (χ0n) is 16.3. The molecule has 0 spiro atoms. The SMILES string of the molecule is O[C@H](COCCOc1ccc(Br)cc1)CN1CCC(Cc2ccccc2)CC1. The Bertz CT molecular complexity index is 672. The van der Waals surface area contributed by atoms with Crippen LogP contribution in [0, 0.1) is 5.92 Å². The lowest BCUT2D eigenvalue weighted by Crippen LogP contribution is -2.40. The first-order valence-corrected chi connectivity index (χ1v) is 10.9. The first kappa shape index (κ1) is 21.3. The third kappa shape index (κ3) is 7.55. The van der Waals surface area contributed by atoms with Gasteiger partial charge in [0.1, 0.15) is 12.4 Å². The Hall–Kier alpha value is -1.40. The molecule has 1 heterocycles. The van der Waals surface area contributed by atoms with Crippen LogP contribution in [0.1, 0.15) is 18.4 Å². The van der Waals surface area contributed by atoms with Gasteiger partial charge in [0.2, 0.25) is 0 Å². The van der Waals surface area contributed by atoms with Crippen molar-refractivity contribution in [2.75, 3.05) is 39.5 Å². The molecular formula is C23H30BrNO3. The minimum atomic E-state index is -0.446. The number of hydrogen-bond acceptors (Lipinski definition) is 4. The van der Waals surface area contributed by atoms with Gasteiger partial charge in [-0.1, -0.05) is 46.3 Å². The highest BCUT2D eigenvalue weighted by Gasteiger charge is 2.21. The molecule has 0 aliphatic carbocycles. The van der Waals surface area contributed by atoms with Crippen molar-refractivity contribution < 1.29 is 14.6 Å². The molecule has 2 aromatic rings. The van der Waals surface area contributed by atoms with Gasteiger partial charge in [0.15, 0.2) is 0 Å². The molecule has 0 unspecified atom stereocenters. The third-order valence-corrected chi connectivity index (χ3v) is 5.69. The fourth-order valence-corrected chi connectivity index (χ4v) is 3.90. The zero-order valence-corrected chi connectivity index (χ0v) is 17.9. The lowest BCUT2D eigenvalue weighted by molar-refractivity contribution is 0.00291. The van der Waals surface area contributed by atoms with Crippen molar-refractivity contribution in [2.45, 2.75) is 25.4 Å². The summed E-state index contributed by atoms with van der Waals surface area (Å²) in [6, 6.07) is 18.5. The van der Waals surface area contributed by atoms with Gasteiger partial charge in [-0.25, -0.2) is 0 Å². The second-order valence-corrected chi connectivity index (χ2v) is 8.38. The molecule has 152 valence electrons. The minimum absolute atomic E-state index is 0.355. The van der Waals surface area contributed by atoms with E-state index < -0.39 is 6.10 Å². The molecule has 0 bridgehead atoms. The number of rotatable bonds is 10. The standard InChI is InChI=1S/C23H30BrNO3/c24-21-6-8-23(9-7-21)28-15-14-27-18-22(26)17-25-12-10-20(11-13-25)16-19-4-2-1-3-5-19/h1-9,20,22,26H,10-18H2/t22-/m0/s1. The Morgan fingerprint density at radius 3 is 2.43 bits per heavy atom. The first-order chi connectivity index (χ1) is 13.7. The van der Waals surface area contributed by atoms with Gasteiger partial charge in [0, 0.05) is 11.0 Å². The van der Waals surface area contributed by atoms with Crippen molar-refractivity contribution >= 4 is 15.9 Å². The summed E-state index contributed by atoms with van der Waals surface area (Å²) in [6.45, 7) is 4.12. The smallest absolute Gasteiger partial charge is 0.119 e. The van der Waals surface area contributed by atoms with Crippen molar-refractivity contribution in [3.63, 3.8) is 0 Å². The Morgan fingerprint density at radius 1 is 1.00 bits per heavy atom. The Morgan fingerprint density at radius 2 is 1.71 bits per heavy atom. The third-order valence-electron chi connectivity index (χ3n) is 5.16. The number of hydrogen-bond donors (Lipinski definition) is 1. The van der Waals surface area contributed by atoms with E-state index in [-0.39, 0.29) is 0 Å². The van der Waals surface area contributed by atoms with Gasteiger partial charge in [-0.15, -0.1) is 0 Å². The van der Waals surface area contributed by atoms with E-state index >= 15 is 0 Å². The predicted octanol–water partition coefficient (Wildman–Crippen LogP) is 4.16. The first-order valence-electron chi connectivity index (χ1n) is 10.1. The van der Waals surface area contributed by atoms with Crippen LogP contribution in [0.3, 0.4) is 0 Å². The van der Waals surface area contributed by atoms with Crippen LogP contribution < -0.4 is 4.74 Å². The molecule has 2 aromatic carbocycles. The maximum atomic E-state index is 10.2. The number of piperidine rings is 1. The van der Waals surface area contributed by atoms with E-state index in [1.54, 1.807) is 0 Å². The van der Waals surface area contributed by atoms with Gasteiger partial charge in [-0.3, -0.25) is 0 Å². The van der Waals surface area contributed by atoms with E-state index in [4.69, 9.17) is 9.47 Å². The van der Waals surface area contributed by atoms with E-state index in [1.807, 2.05) is 24.3 Å². The summed E-state index contributed by atoms with van der Waals surface area (Å²) in [5.74, 6) is 1.58. The number of ether oxygens (including phenoxy) is 2. The van der Waals surface area contributed by atoms with Crippen molar-refractivity contribution in [1.29, 1.82) is 0 Å². The van der Waals surface area contributed by atoms with Gasteiger partial charge in [-0.2, -0.15) is 0 Å². The summed E-state index contributed by atoms with van der Waals surface area (Å²) in [5.41, 5.74) is 1.43. The van der Waals surface area contributed by atoms with Crippen molar-refractivity contribution in [3.05, 3.63) is 64.6 Å². The predicted molar refractivity (Wildman–Crippen MR) is 116 cm³/mol. The second-order valence-electron chi connectivity index (χ2n) is 7.46. The van der Waals surface area contributed by atoms with Crippen LogP contribution in [0.5, 0.6) is 5.75 Å².